The third kappa shape index (κ3) is 5.10. The fourth-order valence-electron chi connectivity index (χ4n) is 2.87. The minimum atomic E-state index is -0.221. The number of carbonyl (C=O) groups is 2. The maximum Gasteiger partial charge on any atom is 0.255 e. The SMILES string of the molecule is CCC(C)Oc1cccc(C(=O)Nc2ccc(C(=O)N3CCOCC3)cc2)c1. The van der Waals surface area contributed by atoms with Crippen molar-refractivity contribution in [2.45, 2.75) is 26.4 Å². The number of nitrogens with zero attached hydrogens (tertiary/aromatic N) is 1. The van der Waals surface area contributed by atoms with Crippen molar-refractivity contribution in [3.05, 3.63) is 59.7 Å². The second-order valence-electron chi connectivity index (χ2n) is 6.80. The summed E-state index contributed by atoms with van der Waals surface area (Å²) in [6, 6.07) is 14.1. The molecule has 0 aliphatic carbocycles. The molecule has 1 aliphatic heterocycles. The van der Waals surface area contributed by atoms with Gasteiger partial charge in [-0.1, -0.05) is 13.0 Å². The third-order valence-corrected chi connectivity index (χ3v) is 4.70. The van der Waals surface area contributed by atoms with Gasteiger partial charge < -0.3 is 19.7 Å². The second-order valence-corrected chi connectivity index (χ2v) is 6.80. The van der Waals surface area contributed by atoms with E-state index >= 15 is 0 Å². The van der Waals surface area contributed by atoms with Crippen LogP contribution < -0.4 is 10.1 Å². The topological polar surface area (TPSA) is 67.9 Å². The molecule has 2 aromatic rings. The molecule has 0 spiro atoms. The van der Waals surface area contributed by atoms with Crippen molar-refractivity contribution in [2.75, 3.05) is 31.6 Å². The van der Waals surface area contributed by atoms with E-state index in [9.17, 15) is 9.59 Å². The van der Waals surface area contributed by atoms with E-state index in [1.165, 1.54) is 0 Å². The summed E-state index contributed by atoms with van der Waals surface area (Å²) >= 11 is 0. The molecule has 1 saturated heterocycles. The lowest BCUT2D eigenvalue weighted by Crippen LogP contribution is -2.40. The van der Waals surface area contributed by atoms with Crippen LogP contribution in [-0.4, -0.2) is 49.1 Å². The molecule has 1 fully saturated rings. The van der Waals surface area contributed by atoms with E-state index in [0.29, 0.717) is 48.9 Å². The van der Waals surface area contributed by atoms with E-state index in [0.717, 1.165) is 6.42 Å². The van der Waals surface area contributed by atoms with Crippen LogP contribution in [0.25, 0.3) is 0 Å². The maximum atomic E-state index is 12.5. The van der Waals surface area contributed by atoms with Gasteiger partial charge in [-0.25, -0.2) is 0 Å². The molecule has 1 heterocycles. The normalized spacial score (nSPS) is 15.0. The number of amides is 2. The number of ether oxygens (including phenoxy) is 2. The molecule has 2 amide bonds. The molecule has 0 bridgehead atoms. The van der Waals surface area contributed by atoms with Crippen molar-refractivity contribution in [3.8, 4) is 5.75 Å². The van der Waals surface area contributed by atoms with E-state index in [1.54, 1.807) is 47.4 Å². The zero-order chi connectivity index (χ0) is 19.9. The minimum Gasteiger partial charge on any atom is -0.491 e. The quantitative estimate of drug-likeness (QED) is 0.829. The summed E-state index contributed by atoms with van der Waals surface area (Å²) in [6.45, 7) is 6.39. The van der Waals surface area contributed by atoms with Crippen LogP contribution in [0, 0.1) is 0 Å². The van der Waals surface area contributed by atoms with E-state index in [4.69, 9.17) is 9.47 Å². The smallest absolute Gasteiger partial charge is 0.255 e. The Hall–Kier alpha value is -2.86. The van der Waals surface area contributed by atoms with Crippen molar-refractivity contribution in [1.82, 2.24) is 4.90 Å². The molecule has 6 heteroatoms. The first-order valence-corrected chi connectivity index (χ1v) is 9.62. The summed E-state index contributed by atoms with van der Waals surface area (Å²) in [5.41, 5.74) is 1.76. The van der Waals surface area contributed by atoms with E-state index in [2.05, 4.69) is 12.2 Å². The van der Waals surface area contributed by atoms with Gasteiger partial charge in [-0.05, 0) is 55.8 Å². The average molecular weight is 382 g/mol. The fraction of sp³-hybridized carbons (Fsp3) is 0.364. The molecule has 148 valence electrons. The van der Waals surface area contributed by atoms with E-state index < -0.39 is 0 Å². The largest absolute Gasteiger partial charge is 0.491 e. The number of hydrogen-bond acceptors (Lipinski definition) is 4. The highest BCUT2D eigenvalue weighted by molar-refractivity contribution is 6.04. The number of hydrogen-bond donors (Lipinski definition) is 1. The van der Waals surface area contributed by atoms with Crippen LogP contribution >= 0.6 is 0 Å². The number of morpholine rings is 1. The van der Waals surface area contributed by atoms with Gasteiger partial charge in [-0.2, -0.15) is 0 Å². The number of rotatable bonds is 6. The van der Waals surface area contributed by atoms with Crippen LogP contribution in [0.3, 0.4) is 0 Å². The zero-order valence-corrected chi connectivity index (χ0v) is 16.3. The Balaban J connectivity index is 1.63. The molecule has 1 atom stereocenters. The third-order valence-electron chi connectivity index (χ3n) is 4.70. The molecule has 3 rings (SSSR count). The molecule has 6 nitrogen and oxygen atoms in total. The highest BCUT2D eigenvalue weighted by Gasteiger charge is 2.18. The van der Waals surface area contributed by atoms with Crippen LogP contribution in [0.2, 0.25) is 0 Å². The molecule has 0 radical (unpaired) electrons. The number of nitrogens with one attached hydrogen (secondary N) is 1. The highest BCUT2D eigenvalue weighted by atomic mass is 16.5. The summed E-state index contributed by atoms with van der Waals surface area (Å²) in [6.07, 6.45) is 0.987. The van der Waals surface area contributed by atoms with Gasteiger partial charge in [0.05, 0.1) is 19.3 Å². The summed E-state index contributed by atoms with van der Waals surface area (Å²) in [4.78, 5) is 26.8. The van der Waals surface area contributed by atoms with Crippen molar-refractivity contribution in [1.29, 1.82) is 0 Å². The minimum absolute atomic E-state index is 0.0175. The van der Waals surface area contributed by atoms with Gasteiger partial charge in [-0.15, -0.1) is 0 Å². The van der Waals surface area contributed by atoms with Crippen molar-refractivity contribution < 1.29 is 19.1 Å². The molecule has 1 N–H and O–H groups in total. The Morgan fingerprint density at radius 3 is 2.50 bits per heavy atom. The lowest BCUT2D eigenvalue weighted by Gasteiger charge is -2.26. The van der Waals surface area contributed by atoms with Gasteiger partial charge in [0.15, 0.2) is 0 Å². The molecular formula is C22H26N2O4. The lowest BCUT2D eigenvalue weighted by atomic mass is 10.1. The first-order chi connectivity index (χ1) is 13.6. The summed E-state index contributed by atoms with van der Waals surface area (Å²) in [7, 11) is 0. The predicted molar refractivity (Wildman–Crippen MR) is 108 cm³/mol. The Bertz CT molecular complexity index is 814. The Morgan fingerprint density at radius 2 is 1.82 bits per heavy atom. The molecule has 0 saturated carbocycles. The van der Waals surface area contributed by atoms with Crippen LogP contribution in [0.5, 0.6) is 5.75 Å². The molecule has 2 aromatic carbocycles. The van der Waals surface area contributed by atoms with Crippen LogP contribution in [0.1, 0.15) is 41.0 Å². The summed E-state index contributed by atoms with van der Waals surface area (Å²) in [5.74, 6) is 0.436. The molecule has 28 heavy (non-hydrogen) atoms. The monoisotopic (exact) mass is 382 g/mol. The lowest BCUT2D eigenvalue weighted by molar-refractivity contribution is 0.0303. The van der Waals surface area contributed by atoms with Gasteiger partial charge in [0, 0.05) is 29.9 Å². The first-order valence-electron chi connectivity index (χ1n) is 9.62. The van der Waals surface area contributed by atoms with Gasteiger partial charge in [0.2, 0.25) is 0 Å². The fourth-order valence-corrected chi connectivity index (χ4v) is 2.87. The average Bonchev–Trinajstić information content (AvgIpc) is 2.74. The number of benzene rings is 2. The van der Waals surface area contributed by atoms with Crippen molar-refractivity contribution >= 4 is 17.5 Å². The van der Waals surface area contributed by atoms with Gasteiger partial charge in [0.25, 0.3) is 11.8 Å². The van der Waals surface area contributed by atoms with Crippen LogP contribution in [-0.2, 0) is 4.74 Å². The predicted octanol–water partition coefficient (Wildman–Crippen LogP) is 3.59. The Labute approximate surface area is 165 Å². The van der Waals surface area contributed by atoms with E-state index in [1.807, 2.05) is 13.0 Å². The molecular weight excluding hydrogens is 356 g/mol. The highest BCUT2D eigenvalue weighted by Crippen LogP contribution is 2.18. The molecule has 1 unspecified atom stereocenters. The van der Waals surface area contributed by atoms with E-state index in [-0.39, 0.29) is 17.9 Å². The Morgan fingerprint density at radius 1 is 1.11 bits per heavy atom. The Kier molecular flexibility index (Phi) is 6.66. The first kappa shape index (κ1) is 19.9. The summed E-state index contributed by atoms with van der Waals surface area (Å²) in [5, 5.41) is 2.86. The molecule has 0 aromatic heterocycles. The zero-order valence-electron chi connectivity index (χ0n) is 16.3. The van der Waals surface area contributed by atoms with Crippen molar-refractivity contribution in [2.24, 2.45) is 0 Å². The van der Waals surface area contributed by atoms with Crippen molar-refractivity contribution in [3.63, 3.8) is 0 Å². The maximum absolute atomic E-state index is 12.5. The van der Waals surface area contributed by atoms with Gasteiger partial charge in [-0.3, -0.25) is 9.59 Å². The van der Waals surface area contributed by atoms with Crippen LogP contribution in [0.4, 0.5) is 5.69 Å². The summed E-state index contributed by atoms with van der Waals surface area (Å²) < 4.78 is 11.0. The molecule has 1 aliphatic rings. The number of carbonyl (C=O) groups excluding carboxylic acids is 2. The second kappa shape index (κ2) is 9.37. The van der Waals surface area contributed by atoms with Gasteiger partial charge >= 0.3 is 0 Å². The number of anilines is 1. The van der Waals surface area contributed by atoms with Gasteiger partial charge in [0.1, 0.15) is 5.75 Å². The standard InChI is InChI=1S/C22H26N2O4/c1-3-16(2)28-20-6-4-5-18(15-20)21(25)23-19-9-7-17(8-10-19)22(26)24-11-13-27-14-12-24/h4-10,15-16H,3,11-14H2,1-2H3,(H,23,25). The van der Waals surface area contributed by atoms with Crippen LogP contribution in [0.15, 0.2) is 48.5 Å².